The molecule has 0 fully saturated rings. The van der Waals surface area contributed by atoms with Crippen LogP contribution in [0.3, 0.4) is 0 Å². The molecule has 82 valence electrons. The normalized spacial score (nSPS) is 10.2. The number of rotatable bonds is 3. The quantitative estimate of drug-likeness (QED) is 0.776. The van der Waals surface area contributed by atoms with E-state index in [9.17, 15) is 4.79 Å². The molecule has 0 aliphatic rings. The summed E-state index contributed by atoms with van der Waals surface area (Å²) in [6.07, 6.45) is 0. The molecule has 0 saturated heterocycles. The fourth-order valence-electron chi connectivity index (χ4n) is 1.10. The molecule has 1 aromatic heterocycles. The van der Waals surface area contributed by atoms with Crippen LogP contribution in [0.4, 0.5) is 5.82 Å². The van der Waals surface area contributed by atoms with Crippen LogP contribution in [0.15, 0.2) is 12.1 Å². The molecule has 15 heavy (non-hydrogen) atoms. The summed E-state index contributed by atoms with van der Waals surface area (Å²) < 4.78 is 0. The Morgan fingerprint density at radius 3 is 2.67 bits per heavy atom. The number of aromatic nitrogens is 1. The van der Waals surface area contributed by atoms with Gasteiger partial charge in [-0.05, 0) is 26.0 Å². The first-order chi connectivity index (χ1) is 7.02. The van der Waals surface area contributed by atoms with Gasteiger partial charge in [-0.25, -0.2) is 4.98 Å². The van der Waals surface area contributed by atoms with Gasteiger partial charge in [-0.15, -0.1) is 0 Å². The second-order valence-electron chi connectivity index (χ2n) is 3.44. The smallest absolute Gasteiger partial charge is 0.251 e. The summed E-state index contributed by atoms with van der Waals surface area (Å²) in [5.41, 5.74) is 0.507. The van der Waals surface area contributed by atoms with E-state index in [2.05, 4.69) is 15.6 Å². The fraction of sp³-hybridized carbons (Fsp3) is 0.400. The first-order valence-electron chi connectivity index (χ1n) is 4.69. The first kappa shape index (κ1) is 11.8. The van der Waals surface area contributed by atoms with Crippen LogP contribution >= 0.6 is 11.6 Å². The molecular formula is C10H14ClN3O. The van der Waals surface area contributed by atoms with Gasteiger partial charge in [-0.2, -0.15) is 0 Å². The maximum absolute atomic E-state index is 11.7. The van der Waals surface area contributed by atoms with Crippen molar-refractivity contribution in [3.63, 3.8) is 0 Å². The number of anilines is 1. The maximum atomic E-state index is 11.7. The highest BCUT2D eigenvalue weighted by Gasteiger charge is 2.09. The Balaban J connectivity index is 2.93. The minimum Gasteiger partial charge on any atom is -0.373 e. The monoisotopic (exact) mass is 227 g/mol. The summed E-state index contributed by atoms with van der Waals surface area (Å²) in [5.74, 6) is 0.433. The van der Waals surface area contributed by atoms with Crippen LogP contribution < -0.4 is 10.6 Å². The van der Waals surface area contributed by atoms with E-state index in [1.54, 1.807) is 19.2 Å². The van der Waals surface area contributed by atoms with Crippen LogP contribution in [0.2, 0.25) is 5.15 Å². The van der Waals surface area contributed by atoms with Crippen molar-refractivity contribution in [3.05, 3.63) is 22.8 Å². The Kier molecular flexibility index (Phi) is 3.91. The van der Waals surface area contributed by atoms with Crippen molar-refractivity contribution in [2.45, 2.75) is 19.9 Å². The zero-order valence-corrected chi connectivity index (χ0v) is 9.72. The van der Waals surface area contributed by atoms with Crippen LogP contribution in [-0.4, -0.2) is 24.0 Å². The minimum atomic E-state index is -0.147. The van der Waals surface area contributed by atoms with Gasteiger partial charge in [0.05, 0.1) is 0 Å². The van der Waals surface area contributed by atoms with Gasteiger partial charge in [0.2, 0.25) is 0 Å². The summed E-state index contributed by atoms with van der Waals surface area (Å²) in [7, 11) is 1.72. The van der Waals surface area contributed by atoms with Crippen LogP contribution in [-0.2, 0) is 0 Å². The predicted molar refractivity (Wildman–Crippen MR) is 61.4 cm³/mol. The van der Waals surface area contributed by atoms with Crippen LogP contribution in [0, 0.1) is 0 Å². The lowest BCUT2D eigenvalue weighted by molar-refractivity contribution is 0.0943. The van der Waals surface area contributed by atoms with Crippen LogP contribution in [0.25, 0.3) is 0 Å². The van der Waals surface area contributed by atoms with Crippen molar-refractivity contribution in [1.29, 1.82) is 0 Å². The highest BCUT2D eigenvalue weighted by atomic mass is 35.5. The van der Waals surface area contributed by atoms with Gasteiger partial charge >= 0.3 is 0 Å². The summed E-state index contributed by atoms with van der Waals surface area (Å²) in [6.45, 7) is 3.80. The van der Waals surface area contributed by atoms with E-state index in [1.165, 1.54) is 0 Å². The number of nitrogens with zero attached hydrogens (tertiary/aromatic N) is 1. The van der Waals surface area contributed by atoms with Crippen molar-refractivity contribution in [3.8, 4) is 0 Å². The molecule has 0 spiro atoms. The lowest BCUT2D eigenvalue weighted by atomic mass is 10.2. The van der Waals surface area contributed by atoms with Crippen molar-refractivity contribution < 1.29 is 4.79 Å². The molecule has 0 atom stereocenters. The number of pyridine rings is 1. The third-order valence-corrected chi connectivity index (χ3v) is 1.93. The molecule has 0 aliphatic carbocycles. The summed E-state index contributed by atoms with van der Waals surface area (Å²) >= 11 is 5.78. The maximum Gasteiger partial charge on any atom is 0.251 e. The Morgan fingerprint density at radius 1 is 1.47 bits per heavy atom. The second-order valence-corrected chi connectivity index (χ2v) is 3.83. The summed E-state index contributed by atoms with van der Waals surface area (Å²) in [6, 6.07) is 3.30. The van der Waals surface area contributed by atoms with Crippen molar-refractivity contribution in [2.75, 3.05) is 12.4 Å². The average Bonchev–Trinajstić information content (AvgIpc) is 2.15. The first-order valence-corrected chi connectivity index (χ1v) is 5.07. The van der Waals surface area contributed by atoms with Gasteiger partial charge in [0, 0.05) is 18.7 Å². The van der Waals surface area contributed by atoms with E-state index in [-0.39, 0.29) is 11.9 Å². The molecule has 5 heteroatoms. The second kappa shape index (κ2) is 4.98. The lowest BCUT2D eigenvalue weighted by Gasteiger charge is -2.09. The van der Waals surface area contributed by atoms with Crippen LogP contribution in [0.1, 0.15) is 24.2 Å². The van der Waals surface area contributed by atoms with Crippen molar-refractivity contribution in [2.24, 2.45) is 0 Å². The summed E-state index contributed by atoms with van der Waals surface area (Å²) in [4.78, 5) is 15.6. The molecule has 1 amide bonds. The highest BCUT2D eigenvalue weighted by molar-refractivity contribution is 6.29. The number of halogens is 1. The lowest BCUT2D eigenvalue weighted by Crippen LogP contribution is -2.30. The predicted octanol–water partition coefficient (Wildman–Crippen LogP) is 1.91. The molecule has 0 unspecified atom stereocenters. The van der Waals surface area contributed by atoms with E-state index in [4.69, 9.17) is 11.6 Å². The van der Waals surface area contributed by atoms with Gasteiger partial charge in [0.1, 0.15) is 11.0 Å². The molecule has 0 bridgehead atoms. The highest BCUT2D eigenvalue weighted by Crippen LogP contribution is 2.14. The van der Waals surface area contributed by atoms with E-state index < -0.39 is 0 Å². The number of nitrogens with one attached hydrogen (secondary N) is 2. The van der Waals surface area contributed by atoms with E-state index >= 15 is 0 Å². The molecule has 1 heterocycles. The van der Waals surface area contributed by atoms with Gasteiger partial charge in [-0.3, -0.25) is 4.79 Å². The molecule has 0 radical (unpaired) electrons. The number of hydrogen-bond donors (Lipinski definition) is 2. The fourth-order valence-corrected chi connectivity index (χ4v) is 1.31. The summed E-state index contributed by atoms with van der Waals surface area (Å²) in [5, 5.41) is 5.93. The Morgan fingerprint density at radius 2 is 2.13 bits per heavy atom. The largest absolute Gasteiger partial charge is 0.373 e. The van der Waals surface area contributed by atoms with Gasteiger partial charge in [0.15, 0.2) is 0 Å². The number of carbonyl (C=O) groups is 1. The van der Waals surface area contributed by atoms with Crippen LogP contribution in [0.5, 0.6) is 0 Å². The van der Waals surface area contributed by atoms with Gasteiger partial charge in [-0.1, -0.05) is 11.6 Å². The van der Waals surface area contributed by atoms with Gasteiger partial charge < -0.3 is 10.6 Å². The van der Waals surface area contributed by atoms with Crippen molar-refractivity contribution >= 4 is 23.3 Å². The zero-order valence-electron chi connectivity index (χ0n) is 8.97. The van der Waals surface area contributed by atoms with E-state index in [0.29, 0.717) is 16.5 Å². The standard InChI is InChI=1S/C10H14ClN3O/c1-6(2)13-10(15)7-4-8(11)14-9(5-7)12-3/h4-6H,1-3H3,(H,12,14)(H,13,15). The molecule has 0 aliphatic heterocycles. The molecular weight excluding hydrogens is 214 g/mol. The number of amides is 1. The zero-order chi connectivity index (χ0) is 11.4. The Bertz CT molecular complexity index is 366. The molecule has 0 saturated carbocycles. The SMILES string of the molecule is CNc1cc(C(=O)NC(C)C)cc(Cl)n1. The van der Waals surface area contributed by atoms with E-state index in [0.717, 1.165) is 0 Å². The third kappa shape index (κ3) is 3.40. The molecule has 1 aromatic rings. The Hall–Kier alpha value is -1.29. The Labute approximate surface area is 94.0 Å². The minimum absolute atomic E-state index is 0.0995. The van der Waals surface area contributed by atoms with E-state index in [1.807, 2.05) is 13.8 Å². The number of carbonyl (C=O) groups excluding carboxylic acids is 1. The molecule has 0 aromatic carbocycles. The number of hydrogen-bond acceptors (Lipinski definition) is 3. The molecule has 1 rings (SSSR count). The molecule has 2 N–H and O–H groups in total. The topological polar surface area (TPSA) is 54.0 Å². The third-order valence-electron chi connectivity index (χ3n) is 1.73. The van der Waals surface area contributed by atoms with Crippen molar-refractivity contribution in [1.82, 2.24) is 10.3 Å². The van der Waals surface area contributed by atoms with Gasteiger partial charge in [0.25, 0.3) is 5.91 Å². The average molecular weight is 228 g/mol. The molecule has 4 nitrogen and oxygen atoms in total.